The van der Waals surface area contributed by atoms with Crippen LogP contribution in [-0.2, 0) is 9.59 Å². The van der Waals surface area contributed by atoms with E-state index in [-0.39, 0.29) is 36.7 Å². The van der Waals surface area contributed by atoms with Gasteiger partial charge < -0.3 is 19.9 Å². The van der Waals surface area contributed by atoms with Crippen LogP contribution in [-0.4, -0.2) is 49.4 Å². The molecule has 2 aromatic carbocycles. The first kappa shape index (κ1) is 19.4. The third-order valence-electron chi connectivity index (χ3n) is 4.68. The number of likely N-dealkylation sites (N-methyl/N-ethyl adjacent to an activating group) is 1. The van der Waals surface area contributed by atoms with Crippen molar-refractivity contribution in [3.63, 3.8) is 0 Å². The quantitative estimate of drug-likeness (QED) is 0.883. The number of amides is 3. The molecule has 0 radical (unpaired) electrons. The Morgan fingerprint density at radius 1 is 1.18 bits per heavy atom. The van der Waals surface area contributed by atoms with Gasteiger partial charge in [-0.2, -0.15) is 0 Å². The fraction of sp³-hybridized carbons (Fsp3) is 0.286. The molecule has 3 amide bonds. The number of ether oxygens (including phenoxy) is 1. The van der Waals surface area contributed by atoms with Gasteiger partial charge >= 0.3 is 0 Å². The summed E-state index contributed by atoms with van der Waals surface area (Å²) in [7, 11) is 3.14. The molecular formula is C21H23N3O4. The number of methoxy groups -OCH3 is 1. The molecule has 146 valence electrons. The monoisotopic (exact) mass is 381 g/mol. The molecule has 1 aliphatic heterocycles. The minimum Gasteiger partial charge on any atom is -0.497 e. The Bertz CT molecular complexity index is 895. The average molecular weight is 381 g/mol. The Morgan fingerprint density at radius 2 is 1.86 bits per heavy atom. The third-order valence-corrected chi connectivity index (χ3v) is 4.68. The van der Waals surface area contributed by atoms with Gasteiger partial charge in [0.15, 0.2) is 0 Å². The maximum atomic E-state index is 13.1. The van der Waals surface area contributed by atoms with Crippen molar-refractivity contribution in [1.29, 1.82) is 0 Å². The number of nitrogens with zero attached hydrogens (tertiary/aromatic N) is 2. The summed E-state index contributed by atoms with van der Waals surface area (Å²) in [4.78, 5) is 40.7. The lowest BCUT2D eigenvalue weighted by atomic mass is 10.1. The number of para-hydroxylation sites is 2. The van der Waals surface area contributed by atoms with Crippen LogP contribution < -0.4 is 15.0 Å². The van der Waals surface area contributed by atoms with E-state index in [1.165, 1.54) is 4.90 Å². The lowest BCUT2D eigenvalue weighted by Crippen LogP contribution is -2.45. The van der Waals surface area contributed by atoms with Crippen molar-refractivity contribution in [2.24, 2.45) is 0 Å². The van der Waals surface area contributed by atoms with E-state index in [1.54, 1.807) is 61.5 Å². The summed E-state index contributed by atoms with van der Waals surface area (Å²) in [6.45, 7) is 1.72. The summed E-state index contributed by atoms with van der Waals surface area (Å²) in [5, 5.41) is 2.83. The summed E-state index contributed by atoms with van der Waals surface area (Å²) >= 11 is 0. The summed E-state index contributed by atoms with van der Waals surface area (Å²) < 4.78 is 5.10. The number of anilines is 2. The zero-order valence-electron chi connectivity index (χ0n) is 16.1. The topological polar surface area (TPSA) is 79.0 Å². The minimum absolute atomic E-state index is 0.0995. The van der Waals surface area contributed by atoms with Crippen molar-refractivity contribution < 1.29 is 19.1 Å². The highest BCUT2D eigenvalue weighted by Gasteiger charge is 2.30. The van der Waals surface area contributed by atoms with Crippen LogP contribution in [0.15, 0.2) is 48.5 Å². The highest BCUT2D eigenvalue weighted by atomic mass is 16.5. The first-order valence-corrected chi connectivity index (χ1v) is 9.01. The second-order valence-corrected chi connectivity index (χ2v) is 6.77. The Kier molecular flexibility index (Phi) is 5.63. The highest BCUT2D eigenvalue weighted by molar-refractivity contribution is 6.06. The van der Waals surface area contributed by atoms with Crippen LogP contribution in [0.2, 0.25) is 0 Å². The molecule has 0 spiro atoms. The van der Waals surface area contributed by atoms with Crippen molar-refractivity contribution in [2.45, 2.75) is 19.4 Å². The number of nitrogens with one attached hydrogen (secondary N) is 1. The molecule has 0 saturated carbocycles. The zero-order chi connectivity index (χ0) is 20.3. The molecule has 1 heterocycles. The van der Waals surface area contributed by atoms with E-state index in [0.717, 1.165) is 0 Å². The van der Waals surface area contributed by atoms with Gasteiger partial charge in [-0.25, -0.2) is 0 Å². The molecule has 0 aromatic heterocycles. The van der Waals surface area contributed by atoms with Crippen LogP contribution in [0.4, 0.5) is 11.4 Å². The van der Waals surface area contributed by atoms with Gasteiger partial charge in [0.2, 0.25) is 11.8 Å². The molecule has 0 bridgehead atoms. The van der Waals surface area contributed by atoms with Gasteiger partial charge in [-0.05, 0) is 43.3 Å². The molecule has 0 fully saturated rings. The number of benzene rings is 2. The maximum absolute atomic E-state index is 13.1. The predicted octanol–water partition coefficient (Wildman–Crippen LogP) is 2.53. The normalized spacial score (nSPS) is 15.9. The van der Waals surface area contributed by atoms with Crippen molar-refractivity contribution in [2.75, 3.05) is 30.9 Å². The molecular weight excluding hydrogens is 358 g/mol. The van der Waals surface area contributed by atoms with E-state index >= 15 is 0 Å². The second kappa shape index (κ2) is 8.12. The maximum Gasteiger partial charge on any atom is 0.254 e. The van der Waals surface area contributed by atoms with Gasteiger partial charge in [0, 0.05) is 25.1 Å². The van der Waals surface area contributed by atoms with Crippen molar-refractivity contribution in [1.82, 2.24) is 4.90 Å². The fourth-order valence-electron chi connectivity index (χ4n) is 3.27. The van der Waals surface area contributed by atoms with E-state index in [4.69, 9.17) is 4.74 Å². The summed E-state index contributed by atoms with van der Waals surface area (Å²) in [5.74, 6) is 0.00198. The van der Waals surface area contributed by atoms with Gasteiger partial charge in [0.25, 0.3) is 5.91 Å². The molecule has 0 aliphatic carbocycles. The minimum atomic E-state index is -0.319. The molecule has 0 saturated heterocycles. The Hall–Kier alpha value is -3.35. The van der Waals surface area contributed by atoms with Crippen LogP contribution in [0.25, 0.3) is 0 Å². The lowest BCUT2D eigenvalue weighted by Gasteiger charge is -2.29. The lowest BCUT2D eigenvalue weighted by molar-refractivity contribution is -0.119. The molecule has 1 N–H and O–H groups in total. The molecule has 1 aliphatic rings. The van der Waals surface area contributed by atoms with Gasteiger partial charge in [-0.3, -0.25) is 14.4 Å². The van der Waals surface area contributed by atoms with Gasteiger partial charge in [0.1, 0.15) is 12.3 Å². The van der Waals surface area contributed by atoms with E-state index in [2.05, 4.69) is 5.32 Å². The van der Waals surface area contributed by atoms with Crippen LogP contribution in [0.5, 0.6) is 5.75 Å². The molecule has 1 unspecified atom stereocenters. The standard InChI is InChI=1S/C21H23N3O4/c1-14-12-19(25)22-17-6-4-5-7-18(17)24(14)20(26)13-23(2)21(27)15-8-10-16(28-3)11-9-15/h4-11,14H,12-13H2,1-3H3,(H,22,25). The first-order valence-electron chi connectivity index (χ1n) is 9.01. The number of rotatable bonds is 4. The van der Waals surface area contributed by atoms with Crippen molar-refractivity contribution >= 4 is 29.1 Å². The van der Waals surface area contributed by atoms with Crippen LogP contribution in [0.1, 0.15) is 23.7 Å². The molecule has 7 heteroatoms. The average Bonchev–Trinajstić information content (AvgIpc) is 2.81. The Labute approximate surface area is 163 Å². The molecule has 28 heavy (non-hydrogen) atoms. The summed E-state index contributed by atoms with van der Waals surface area (Å²) in [6.07, 6.45) is 0.191. The van der Waals surface area contributed by atoms with Crippen LogP contribution >= 0.6 is 0 Å². The predicted molar refractivity (Wildman–Crippen MR) is 107 cm³/mol. The molecule has 1 atom stereocenters. The van der Waals surface area contributed by atoms with Crippen molar-refractivity contribution in [3.05, 3.63) is 54.1 Å². The number of hydrogen-bond acceptors (Lipinski definition) is 4. The van der Waals surface area contributed by atoms with Gasteiger partial charge in [-0.1, -0.05) is 12.1 Å². The van der Waals surface area contributed by atoms with E-state index < -0.39 is 0 Å². The SMILES string of the molecule is COc1ccc(C(=O)N(C)CC(=O)N2c3ccccc3NC(=O)CC2C)cc1. The van der Waals surface area contributed by atoms with E-state index in [1.807, 2.05) is 13.0 Å². The fourth-order valence-corrected chi connectivity index (χ4v) is 3.27. The molecule has 3 rings (SSSR count). The highest BCUT2D eigenvalue weighted by Crippen LogP contribution is 2.31. The van der Waals surface area contributed by atoms with Crippen LogP contribution in [0, 0.1) is 0 Å². The zero-order valence-corrected chi connectivity index (χ0v) is 16.1. The number of carbonyl (C=O) groups excluding carboxylic acids is 3. The number of fused-ring (bicyclic) bond motifs is 1. The third kappa shape index (κ3) is 3.98. The Morgan fingerprint density at radius 3 is 2.54 bits per heavy atom. The van der Waals surface area contributed by atoms with Crippen molar-refractivity contribution in [3.8, 4) is 5.75 Å². The second-order valence-electron chi connectivity index (χ2n) is 6.77. The number of hydrogen-bond donors (Lipinski definition) is 1. The molecule has 7 nitrogen and oxygen atoms in total. The van der Waals surface area contributed by atoms with E-state index in [0.29, 0.717) is 22.7 Å². The van der Waals surface area contributed by atoms with Crippen LogP contribution in [0.3, 0.4) is 0 Å². The smallest absolute Gasteiger partial charge is 0.254 e. The summed E-state index contributed by atoms with van der Waals surface area (Å²) in [6, 6.07) is 13.6. The van der Waals surface area contributed by atoms with E-state index in [9.17, 15) is 14.4 Å². The largest absolute Gasteiger partial charge is 0.497 e. The van der Waals surface area contributed by atoms with Gasteiger partial charge in [0.05, 0.1) is 18.5 Å². The molecule has 2 aromatic rings. The van der Waals surface area contributed by atoms with Gasteiger partial charge in [-0.15, -0.1) is 0 Å². The Balaban J connectivity index is 1.79. The first-order chi connectivity index (χ1) is 13.4. The summed E-state index contributed by atoms with van der Waals surface area (Å²) in [5.41, 5.74) is 1.70. The number of carbonyl (C=O) groups is 3.